The van der Waals surface area contributed by atoms with E-state index in [-0.39, 0.29) is 23.5 Å². The van der Waals surface area contributed by atoms with Gasteiger partial charge in [0.1, 0.15) is 52.5 Å². The third-order valence-corrected chi connectivity index (χ3v) is 6.34. The van der Waals surface area contributed by atoms with Crippen LogP contribution in [0, 0.1) is 0 Å². The van der Waals surface area contributed by atoms with Crippen LogP contribution in [0.5, 0.6) is 23.0 Å². The second-order valence-corrected chi connectivity index (χ2v) is 8.42. The summed E-state index contributed by atoms with van der Waals surface area (Å²) in [5.41, 5.74) is -4.31. The summed E-state index contributed by atoms with van der Waals surface area (Å²) in [6.45, 7) is 2.70. The molecule has 200 valence electrons. The topological polar surface area (TPSA) is 158 Å². The lowest BCUT2D eigenvalue weighted by molar-refractivity contribution is -0.218. The van der Waals surface area contributed by atoms with E-state index in [1.54, 1.807) is 36.4 Å². The van der Waals surface area contributed by atoms with Crippen LogP contribution in [-0.4, -0.2) is 95.2 Å². The smallest absolute Gasteiger partial charge is 0.126 e. The van der Waals surface area contributed by atoms with Gasteiger partial charge in [-0.05, 0) is 24.3 Å². The maximum atomic E-state index is 11.8. The fourth-order valence-electron chi connectivity index (χ4n) is 4.28. The van der Waals surface area contributed by atoms with Crippen LogP contribution >= 0.6 is 0 Å². The molecule has 0 fully saturated rings. The minimum Gasteiger partial charge on any atom is -0.496 e. The van der Waals surface area contributed by atoms with Crippen LogP contribution in [-0.2, 0) is 12.8 Å². The predicted molar refractivity (Wildman–Crippen MR) is 132 cm³/mol. The highest BCUT2D eigenvalue weighted by Crippen LogP contribution is 2.40. The van der Waals surface area contributed by atoms with Crippen molar-refractivity contribution in [2.24, 2.45) is 0 Å². The summed E-state index contributed by atoms with van der Waals surface area (Å²) >= 11 is 0. The number of methoxy groups -OCH3 is 4. The maximum Gasteiger partial charge on any atom is 0.126 e. The highest BCUT2D eigenvalue weighted by molar-refractivity contribution is 5.48. The van der Waals surface area contributed by atoms with Crippen LogP contribution in [0.4, 0.5) is 0 Å². The second kappa shape index (κ2) is 12.4. The maximum absolute atomic E-state index is 11.8. The second-order valence-electron chi connectivity index (χ2n) is 8.42. The average Bonchev–Trinajstić information content (AvgIpc) is 2.91. The molecule has 0 radical (unpaired) electrons. The molecular weight excluding hydrogens is 472 g/mol. The lowest BCUT2D eigenvalue weighted by Gasteiger charge is -2.45. The van der Waals surface area contributed by atoms with Gasteiger partial charge >= 0.3 is 0 Å². The van der Waals surface area contributed by atoms with Gasteiger partial charge in [0.05, 0.1) is 35.0 Å². The van der Waals surface area contributed by atoms with E-state index < -0.39 is 42.5 Å². The first-order valence-corrected chi connectivity index (χ1v) is 11.2. The fourth-order valence-corrected chi connectivity index (χ4v) is 4.28. The van der Waals surface area contributed by atoms with Gasteiger partial charge in [0.15, 0.2) is 0 Å². The SMILES string of the molecule is C=CC(O)(Cc1c(OC)cccc1OC)[C@@H](O)[C@@](O)(Cc1c(OC)cccc1OC)[C@H](O)[C@@H](O)CO. The Kier molecular flexibility index (Phi) is 10.1. The third-order valence-electron chi connectivity index (χ3n) is 6.34. The number of aliphatic hydroxyl groups is 6. The van der Waals surface area contributed by atoms with Gasteiger partial charge in [-0.25, -0.2) is 0 Å². The van der Waals surface area contributed by atoms with Crippen molar-refractivity contribution in [3.05, 3.63) is 60.2 Å². The number of ether oxygens (including phenoxy) is 4. The van der Waals surface area contributed by atoms with Crippen molar-refractivity contribution in [2.75, 3.05) is 35.0 Å². The molecule has 0 aliphatic rings. The van der Waals surface area contributed by atoms with E-state index in [1.165, 1.54) is 28.4 Å². The minimum atomic E-state index is -2.64. The zero-order valence-electron chi connectivity index (χ0n) is 20.9. The molecule has 2 rings (SSSR count). The van der Waals surface area contributed by atoms with E-state index in [0.29, 0.717) is 17.1 Å². The van der Waals surface area contributed by atoms with Gasteiger partial charge < -0.3 is 49.6 Å². The number of aliphatic hydroxyl groups excluding tert-OH is 4. The molecule has 10 heteroatoms. The van der Waals surface area contributed by atoms with Crippen LogP contribution in [0.25, 0.3) is 0 Å². The van der Waals surface area contributed by atoms with Gasteiger partial charge in [-0.2, -0.15) is 0 Å². The Morgan fingerprint density at radius 3 is 1.50 bits per heavy atom. The number of benzene rings is 2. The molecule has 2 aromatic rings. The first-order valence-electron chi connectivity index (χ1n) is 11.2. The Balaban J connectivity index is 2.67. The molecule has 36 heavy (non-hydrogen) atoms. The minimum absolute atomic E-state index is 0.245. The van der Waals surface area contributed by atoms with Crippen LogP contribution in [0.15, 0.2) is 49.1 Å². The monoisotopic (exact) mass is 508 g/mol. The molecule has 0 bridgehead atoms. The Morgan fingerprint density at radius 2 is 1.17 bits per heavy atom. The van der Waals surface area contributed by atoms with Gasteiger partial charge in [0.25, 0.3) is 0 Å². The van der Waals surface area contributed by atoms with E-state index in [1.807, 2.05) is 0 Å². The lowest BCUT2D eigenvalue weighted by atomic mass is 9.72. The lowest BCUT2D eigenvalue weighted by Crippen LogP contribution is -2.66. The Bertz CT molecular complexity index is 968. The van der Waals surface area contributed by atoms with Crippen molar-refractivity contribution in [2.45, 2.75) is 42.4 Å². The summed E-state index contributed by atoms with van der Waals surface area (Å²) in [6.07, 6.45) is -6.00. The zero-order chi connectivity index (χ0) is 27.1. The van der Waals surface area contributed by atoms with Gasteiger partial charge in [0.2, 0.25) is 0 Å². The Morgan fingerprint density at radius 1 is 0.778 bits per heavy atom. The number of rotatable bonds is 14. The van der Waals surface area contributed by atoms with E-state index in [0.717, 1.165) is 6.08 Å². The van der Waals surface area contributed by atoms with E-state index in [4.69, 9.17) is 18.9 Å². The molecule has 0 heterocycles. The van der Waals surface area contributed by atoms with Crippen molar-refractivity contribution in [1.29, 1.82) is 0 Å². The summed E-state index contributed by atoms with van der Waals surface area (Å²) in [7, 11) is 5.63. The van der Waals surface area contributed by atoms with Gasteiger partial charge in [0, 0.05) is 24.0 Å². The quantitative estimate of drug-likeness (QED) is 0.195. The molecule has 0 aromatic heterocycles. The largest absolute Gasteiger partial charge is 0.496 e. The predicted octanol–water partition coefficient (Wildman–Crippen LogP) is 0.229. The van der Waals surface area contributed by atoms with Crippen molar-refractivity contribution < 1.29 is 49.6 Å². The van der Waals surface area contributed by atoms with Crippen molar-refractivity contribution in [1.82, 2.24) is 0 Å². The molecule has 0 amide bonds. The highest BCUT2D eigenvalue weighted by atomic mass is 16.5. The molecule has 2 aromatic carbocycles. The Labute approximate surface area is 210 Å². The van der Waals surface area contributed by atoms with E-state index in [9.17, 15) is 30.6 Å². The van der Waals surface area contributed by atoms with Gasteiger partial charge in [-0.15, -0.1) is 6.58 Å². The average molecular weight is 509 g/mol. The Hall–Kier alpha value is -2.86. The molecule has 6 N–H and O–H groups in total. The summed E-state index contributed by atoms with van der Waals surface area (Å²) in [6, 6.07) is 9.74. The third kappa shape index (κ3) is 5.75. The van der Waals surface area contributed by atoms with Gasteiger partial charge in [-0.3, -0.25) is 0 Å². The zero-order valence-corrected chi connectivity index (χ0v) is 20.9. The van der Waals surface area contributed by atoms with Crippen LogP contribution < -0.4 is 18.9 Å². The molecular formula is C26H36O10. The molecule has 5 atom stereocenters. The first-order chi connectivity index (χ1) is 17.1. The molecule has 0 spiro atoms. The normalized spacial score (nSPS) is 17.2. The van der Waals surface area contributed by atoms with Crippen LogP contribution in [0.2, 0.25) is 0 Å². The molecule has 0 saturated heterocycles. The summed E-state index contributed by atoms with van der Waals surface area (Å²) in [5, 5.41) is 65.5. The molecule has 0 aliphatic carbocycles. The molecule has 10 nitrogen and oxygen atoms in total. The van der Waals surface area contributed by atoms with E-state index in [2.05, 4.69) is 6.58 Å². The van der Waals surface area contributed by atoms with E-state index >= 15 is 0 Å². The van der Waals surface area contributed by atoms with Crippen molar-refractivity contribution in [3.8, 4) is 23.0 Å². The molecule has 0 saturated carbocycles. The molecule has 0 aliphatic heterocycles. The summed E-state index contributed by atoms with van der Waals surface area (Å²) < 4.78 is 21.5. The summed E-state index contributed by atoms with van der Waals surface area (Å²) in [5.74, 6) is 1.21. The number of hydrogen-bond donors (Lipinski definition) is 6. The summed E-state index contributed by atoms with van der Waals surface area (Å²) in [4.78, 5) is 0. The number of hydrogen-bond acceptors (Lipinski definition) is 10. The van der Waals surface area contributed by atoms with Gasteiger partial charge in [-0.1, -0.05) is 18.2 Å². The molecule has 1 unspecified atom stereocenters. The fraction of sp³-hybridized carbons (Fsp3) is 0.462. The first kappa shape index (κ1) is 29.4. The van der Waals surface area contributed by atoms with Crippen LogP contribution in [0.3, 0.4) is 0 Å². The standard InChI is InChI=1S/C26H36O10/c1-6-25(31,13-16-19(33-2)9-7-10-20(16)34-3)24(30)26(32,23(29)18(28)15-27)14-17-21(35-4)11-8-12-22(17)36-5/h6-12,18,23-24,27-32H,1,13-15H2,2-5H3/t18-,23+,24+,25?,26+/m0/s1. The van der Waals surface area contributed by atoms with Crippen LogP contribution in [0.1, 0.15) is 11.1 Å². The highest BCUT2D eigenvalue weighted by Gasteiger charge is 2.54. The van der Waals surface area contributed by atoms with Crippen molar-refractivity contribution in [3.63, 3.8) is 0 Å². The van der Waals surface area contributed by atoms with Crippen molar-refractivity contribution >= 4 is 0 Å².